The maximum atomic E-state index is 11.6. The number of aliphatic hydroxyl groups is 1. The van der Waals surface area contributed by atoms with Crippen LogP contribution in [0.5, 0.6) is 0 Å². The fourth-order valence-electron chi connectivity index (χ4n) is 1.92. The van der Waals surface area contributed by atoms with Crippen molar-refractivity contribution in [1.82, 2.24) is 4.90 Å². The minimum absolute atomic E-state index is 0.00466. The first kappa shape index (κ1) is 15.4. The summed E-state index contributed by atoms with van der Waals surface area (Å²) in [6.07, 6.45) is -0.675. The Morgan fingerprint density at radius 3 is 2.58 bits per heavy atom. The monoisotopic (exact) mass is 273 g/mol. The van der Waals surface area contributed by atoms with E-state index in [0.717, 1.165) is 0 Å². The van der Waals surface area contributed by atoms with Gasteiger partial charge in [0, 0.05) is 20.4 Å². The van der Waals surface area contributed by atoms with Gasteiger partial charge in [-0.25, -0.2) is 0 Å². The second kappa shape index (κ2) is 7.08. The van der Waals surface area contributed by atoms with E-state index in [1.807, 2.05) is 0 Å². The van der Waals surface area contributed by atoms with Crippen LogP contribution in [0.2, 0.25) is 0 Å². The largest absolute Gasteiger partial charge is 0.466 e. The number of likely N-dealkylation sites (tertiary alicyclic amines) is 1. The van der Waals surface area contributed by atoms with E-state index in [2.05, 4.69) is 0 Å². The SMILES string of the molecule is CC(=O)OCCCCN1C(=O)C[C@H](OC(C)=O)[C@@H]1O. The summed E-state index contributed by atoms with van der Waals surface area (Å²) in [5.41, 5.74) is 0. The Kier molecular flexibility index (Phi) is 5.75. The number of hydrogen-bond acceptors (Lipinski definition) is 6. The minimum atomic E-state index is -1.09. The number of aliphatic hydroxyl groups excluding tert-OH is 1. The van der Waals surface area contributed by atoms with Crippen LogP contribution in [0, 0.1) is 0 Å². The fourth-order valence-corrected chi connectivity index (χ4v) is 1.92. The summed E-state index contributed by atoms with van der Waals surface area (Å²) < 4.78 is 9.62. The van der Waals surface area contributed by atoms with Crippen molar-refractivity contribution < 1.29 is 29.0 Å². The second-order valence-electron chi connectivity index (χ2n) is 4.40. The van der Waals surface area contributed by atoms with E-state index in [4.69, 9.17) is 9.47 Å². The Bertz CT molecular complexity index is 356. The average molecular weight is 273 g/mol. The number of carbonyl (C=O) groups is 3. The number of hydrogen-bond donors (Lipinski definition) is 1. The van der Waals surface area contributed by atoms with Gasteiger partial charge in [-0.3, -0.25) is 14.4 Å². The van der Waals surface area contributed by atoms with Gasteiger partial charge in [-0.15, -0.1) is 0 Å². The molecule has 0 unspecified atom stereocenters. The van der Waals surface area contributed by atoms with E-state index in [0.29, 0.717) is 26.0 Å². The molecule has 0 aromatic carbocycles. The molecule has 7 heteroatoms. The van der Waals surface area contributed by atoms with Crippen molar-refractivity contribution in [2.75, 3.05) is 13.2 Å². The van der Waals surface area contributed by atoms with Gasteiger partial charge in [-0.1, -0.05) is 0 Å². The van der Waals surface area contributed by atoms with Crippen LogP contribution in [0.3, 0.4) is 0 Å². The fraction of sp³-hybridized carbons (Fsp3) is 0.750. The first-order chi connectivity index (χ1) is 8.91. The van der Waals surface area contributed by atoms with Crippen LogP contribution in [-0.2, 0) is 23.9 Å². The van der Waals surface area contributed by atoms with Crippen LogP contribution in [0.15, 0.2) is 0 Å². The summed E-state index contributed by atoms with van der Waals surface area (Å²) in [6, 6.07) is 0. The summed E-state index contributed by atoms with van der Waals surface area (Å²) in [7, 11) is 0. The molecule has 1 aliphatic heterocycles. The molecule has 1 N–H and O–H groups in total. The predicted molar refractivity (Wildman–Crippen MR) is 63.8 cm³/mol. The van der Waals surface area contributed by atoms with Crippen LogP contribution in [0.25, 0.3) is 0 Å². The van der Waals surface area contributed by atoms with Gasteiger partial charge < -0.3 is 19.5 Å². The zero-order valence-electron chi connectivity index (χ0n) is 11.1. The zero-order chi connectivity index (χ0) is 14.4. The lowest BCUT2D eigenvalue weighted by molar-refractivity contribution is -0.155. The van der Waals surface area contributed by atoms with Gasteiger partial charge >= 0.3 is 11.9 Å². The van der Waals surface area contributed by atoms with Gasteiger partial charge in [0.25, 0.3) is 0 Å². The Morgan fingerprint density at radius 2 is 2.00 bits per heavy atom. The lowest BCUT2D eigenvalue weighted by Crippen LogP contribution is -2.38. The first-order valence-electron chi connectivity index (χ1n) is 6.20. The molecular weight excluding hydrogens is 254 g/mol. The standard InChI is InChI=1S/C12H19NO6/c1-8(14)18-6-4-3-5-13-11(16)7-10(12(13)17)19-9(2)15/h10,12,17H,3-7H2,1-2H3/t10-,12-/m0/s1. The average Bonchev–Trinajstić information content (AvgIpc) is 2.54. The molecule has 2 atom stereocenters. The highest BCUT2D eigenvalue weighted by atomic mass is 16.6. The van der Waals surface area contributed by atoms with E-state index >= 15 is 0 Å². The van der Waals surface area contributed by atoms with Crippen molar-refractivity contribution in [3.63, 3.8) is 0 Å². The van der Waals surface area contributed by atoms with E-state index < -0.39 is 18.3 Å². The van der Waals surface area contributed by atoms with Gasteiger partial charge in [0.2, 0.25) is 5.91 Å². The second-order valence-corrected chi connectivity index (χ2v) is 4.40. The molecule has 0 spiro atoms. The Morgan fingerprint density at radius 1 is 1.32 bits per heavy atom. The van der Waals surface area contributed by atoms with E-state index in [-0.39, 0.29) is 18.3 Å². The highest BCUT2D eigenvalue weighted by Gasteiger charge is 2.40. The van der Waals surface area contributed by atoms with Crippen LogP contribution in [-0.4, -0.2) is 53.3 Å². The molecule has 7 nitrogen and oxygen atoms in total. The summed E-state index contributed by atoms with van der Waals surface area (Å²) in [4.78, 5) is 34.3. The molecule has 19 heavy (non-hydrogen) atoms. The third-order valence-corrected chi connectivity index (χ3v) is 2.76. The van der Waals surface area contributed by atoms with E-state index in [9.17, 15) is 19.5 Å². The number of unbranched alkanes of at least 4 members (excludes halogenated alkanes) is 1. The van der Waals surface area contributed by atoms with E-state index in [1.165, 1.54) is 18.7 Å². The molecule has 0 aromatic heterocycles. The summed E-state index contributed by atoms with van der Waals surface area (Å²) >= 11 is 0. The lowest BCUT2D eigenvalue weighted by atomic mass is 10.3. The molecule has 0 saturated carbocycles. The smallest absolute Gasteiger partial charge is 0.303 e. The number of rotatable bonds is 6. The maximum Gasteiger partial charge on any atom is 0.303 e. The number of esters is 2. The molecule has 1 aliphatic rings. The highest BCUT2D eigenvalue weighted by molar-refractivity contribution is 5.80. The number of ether oxygens (including phenoxy) is 2. The molecular formula is C12H19NO6. The minimum Gasteiger partial charge on any atom is -0.466 e. The van der Waals surface area contributed by atoms with Gasteiger partial charge in [0.1, 0.15) is 0 Å². The van der Waals surface area contributed by atoms with Crippen molar-refractivity contribution in [3.05, 3.63) is 0 Å². The van der Waals surface area contributed by atoms with Crippen LogP contribution in [0.4, 0.5) is 0 Å². The third-order valence-electron chi connectivity index (χ3n) is 2.76. The Balaban J connectivity index is 2.31. The topological polar surface area (TPSA) is 93.1 Å². The van der Waals surface area contributed by atoms with Crippen LogP contribution in [0.1, 0.15) is 33.1 Å². The third kappa shape index (κ3) is 4.86. The first-order valence-corrected chi connectivity index (χ1v) is 6.20. The van der Waals surface area contributed by atoms with Crippen molar-refractivity contribution in [2.24, 2.45) is 0 Å². The molecule has 1 heterocycles. The zero-order valence-corrected chi connectivity index (χ0v) is 11.1. The number of carbonyl (C=O) groups excluding carboxylic acids is 3. The van der Waals surface area contributed by atoms with Gasteiger partial charge in [0.15, 0.2) is 12.3 Å². The van der Waals surface area contributed by atoms with Gasteiger partial charge in [-0.05, 0) is 12.8 Å². The van der Waals surface area contributed by atoms with Crippen LogP contribution >= 0.6 is 0 Å². The Labute approximate surface area is 111 Å². The molecule has 108 valence electrons. The molecule has 0 aliphatic carbocycles. The lowest BCUT2D eigenvalue weighted by Gasteiger charge is -2.22. The summed E-state index contributed by atoms with van der Waals surface area (Å²) in [6.45, 7) is 3.20. The highest BCUT2D eigenvalue weighted by Crippen LogP contribution is 2.21. The molecule has 0 bridgehead atoms. The molecule has 0 radical (unpaired) electrons. The number of amides is 1. The molecule has 1 fully saturated rings. The van der Waals surface area contributed by atoms with Crippen molar-refractivity contribution in [2.45, 2.75) is 45.4 Å². The number of nitrogens with zero attached hydrogens (tertiary/aromatic N) is 1. The molecule has 1 amide bonds. The van der Waals surface area contributed by atoms with Gasteiger partial charge in [0.05, 0.1) is 13.0 Å². The Hall–Kier alpha value is -1.63. The summed E-state index contributed by atoms with van der Waals surface area (Å²) in [5, 5.41) is 9.86. The predicted octanol–water partition coefficient (Wildman–Crippen LogP) is -0.188. The molecule has 1 rings (SSSR count). The van der Waals surface area contributed by atoms with E-state index in [1.54, 1.807) is 0 Å². The van der Waals surface area contributed by atoms with Gasteiger partial charge in [-0.2, -0.15) is 0 Å². The van der Waals surface area contributed by atoms with Crippen molar-refractivity contribution in [1.29, 1.82) is 0 Å². The summed E-state index contributed by atoms with van der Waals surface area (Å²) in [5.74, 6) is -1.10. The quantitative estimate of drug-likeness (QED) is 0.532. The molecule has 1 saturated heterocycles. The van der Waals surface area contributed by atoms with Crippen molar-refractivity contribution in [3.8, 4) is 0 Å². The maximum absolute atomic E-state index is 11.6. The van der Waals surface area contributed by atoms with Crippen molar-refractivity contribution >= 4 is 17.8 Å². The normalized spacial score (nSPS) is 22.5. The molecule has 0 aromatic rings. The van der Waals surface area contributed by atoms with Crippen LogP contribution < -0.4 is 0 Å².